The number of nitrogens with zero attached hydrogens (tertiary/aromatic N) is 4. The Morgan fingerprint density at radius 3 is 2.32 bits per heavy atom. The van der Waals surface area contributed by atoms with Crippen LogP contribution in [0, 0.1) is 23.7 Å². The van der Waals surface area contributed by atoms with Gasteiger partial charge in [0.25, 0.3) is 0 Å². The number of amides is 1. The Labute approximate surface area is 187 Å². The molecule has 4 unspecified atom stereocenters. The molecule has 6 atom stereocenters. The third-order valence-corrected chi connectivity index (χ3v) is 8.96. The Kier molecular flexibility index (Phi) is 5.87. The lowest BCUT2D eigenvalue weighted by Crippen LogP contribution is -2.44. The van der Waals surface area contributed by atoms with Crippen molar-refractivity contribution in [2.45, 2.75) is 96.1 Å². The van der Waals surface area contributed by atoms with Gasteiger partial charge in [0.2, 0.25) is 5.91 Å². The minimum atomic E-state index is -0.0220. The molecule has 1 aliphatic heterocycles. The van der Waals surface area contributed by atoms with Gasteiger partial charge in [-0.3, -0.25) is 4.79 Å². The van der Waals surface area contributed by atoms with Gasteiger partial charge in [-0.1, -0.05) is 27.2 Å². The van der Waals surface area contributed by atoms with Crippen LogP contribution in [0.2, 0.25) is 0 Å². The highest BCUT2D eigenvalue weighted by Gasteiger charge is 2.44. The third-order valence-electron chi connectivity index (χ3n) is 8.96. The standard InChI is InChI=1S/C25H41N5O/c1-15-8-11-22(17(3)12-16(15)2)26-25(31)21-14-29(4)13-20(21)24-28-27-23(18-6-5-7-18)30(24)19-9-10-19/h15-22H,5-14H2,1-4H3,(H,26,31)/t15-,16?,17?,20?,21-,22?/m1/s1. The molecule has 6 heteroatoms. The van der Waals surface area contributed by atoms with Gasteiger partial charge in [-0.15, -0.1) is 10.2 Å². The van der Waals surface area contributed by atoms with Crippen molar-refractivity contribution in [1.82, 2.24) is 25.0 Å². The Morgan fingerprint density at radius 1 is 0.903 bits per heavy atom. The highest BCUT2D eigenvalue weighted by atomic mass is 16.2. The van der Waals surface area contributed by atoms with Crippen molar-refractivity contribution in [1.29, 1.82) is 0 Å². The van der Waals surface area contributed by atoms with Crippen molar-refractivity contribution in [3.05, 3.63) is 11.6 Å². The first-order chi connectivity index (χ1) is 14.9. The normalized spacial score (nSPS) is 37.4. The topological polar surface area (TPSA) is 63.1 Å². The second-order valence-corrected chi connectivity index (χ2v) is 11.4. The van der Waals surface area contributed by atoms with Crippen LogP contribution in [-0.2, 0) is 4.79 Å². The van der Waals surface area contributed by atoms with Crippen LogP contribution < -0.4 is 5.32 Å². The minimum Gasteiger partial charge on any atom is -0.353 e. The van der Waals surface area contributed by atoms with Gasteiger partial charge in [0.1, 0.15) is 11.6 Å². The van der Waals surface area contributed by atoms with E-state index in [-0.39, 0.29) is 17.7 Å². The molecule has 31 heavy (non-hydrogen) atoms. The molecule has 4 aliphatic rings. The maximum atomic E-state index is 13.6. The maximum absolute atomic E-state index is 13.6. The smallest absolute Gasteiger partial charge is 0.225 e. The first-order valence-electron chi connectivity index (χ1n) is 12.9. The Bertz CT molecular complexity index is 798. The highest BCUT2D eigenvalue weighted by molar-refractivity contribution is 5.80. The number of likely N-dealkylation sites (N-methyl/N-ethyl adjacent to an activating group) is 1. The summed E-state index contributed by atoms with van der Waals surface area (Å²) in [4.78, 5) is 15.9. The molecule has 1 aromatic rings. The van der Waals surface area contributed by atoms with Crippen LogP contribution in [0.4, 0.5) is 0 Å². The Balaban J connectivity index is 1.34. The zero-order valence-electron chi connectivity index (χ0n) is 19.9. The summed E-state index contributed by atoms with van der Waals surface area (Å²) in [6.45, 7) is 8.79. The van der Waals surface area contributed by atoms with E-state index in [4.69, 9.17) is 5.10 Å². The summed E-state index contributed by atoms with van der Waals surface area (Å²) >= 11 is 0. The number of likely N-dealkylation sites (tertiary alicyclic amines) is 1. The molecule has 6 nitrogen and oxygen atoms in total. The number of hydrogen-bond acceptors (Lipinski definition) is 4. The van der Waals surface area contributed by atoms with Gasteiger partial charge >= 0.3 is 0 Å². The van der Waals surface area contributed by atoms with Crippen LogP contribution in [0.15, 0.2) is 0 Å². The van der Waals surface area contributed by atoms with E-state index in [0.29, 0.717) is 23.9 Å². The molecular formula is C25H41N5O. The van der Waals surface area contributed by atoms with Gasteiger partial charge in [-0.25, -0.2) is 0 Å². The van der Waals surface area contributed by atoms with E-state index < -0.39 is 0 Å². The van der Waals surface area contributed by atoms with Crippen LogP contribution in [0.3, 0.4) is 0 Å². The fourth-order valence-corrected chi connectivity index (χ4v) is 6.25. The fraction of sp³-hybridized carbons (Fsp3) is 0.880. The van der Waals surface area contributed by atoms with Crippen LogP contribution >= 0.6 is 0 Å². The van der Waals surface area contributed by atoms with E-state index >= 15 is 0 Å². The van der Waals surface area contributed by atoms with E-state index in [9.17, 15) is 4.79 Å². The predicted octanol–water partition coefficient (Wildman–Crippen LogP) is 4.10. The first kappa shape index (κ1) is 21.4. The summed E-state index contributed by atoms with van der Waals surface area (Å²) in [6.07, 6.45) is 9.80. The van der Waals surface area contributed by atoms with Gasteiger partial charge < -0.3 is 14.8 Å². The molecule has 1 saturated heterocycles. The maximum Gasteiger partial charge on any atom is 0.225 e. The van der Waals surface area contributed by atoms with Gasteiger partial charge in [0.15, 0.2) is 0 Å². The second-order valence-electron chi connectivity index (χ2n) is 11.4. The fourth-order valence-electron chi connectivity index (χ4n) is 6.25. The molecule has 5 rings (SSSR count). The van der Waals surface area contributed by atoms with Crippen molar-refractivity contribution in [2.24, 2.45) is 23.7 Å². The van der Waals surface area contributed by atoms with Crippen LogP contribution in [-0.4, -0.2) is 51.8 Å². The molecule has 1 N–H and O–H groups in total. The largest absolute Gasteiger partial charge is 0.353 e. The molecular weight excluding hydrogens is 386 g/mol. The highest BCUT2D eigenvalue weighted by Crippen LogP contribution is 2.45. The number of hydrogen-bond donors (Lipinski definition) is 1. The molecule has 0 spiro atoms. The van der Waals surface area contributed by atoms with Crippen molar-refractivity contribution >= 4 is 5.91 Å². The van der Waals surface area contributed by atoms with Crippen LogP contribution in [0.5, 0.6) is 0 Å². The molecule has 3 saturated carbocycles. The van der Waals surface area contributed by atoms with E-state index in [1.807, 2.05) is 0 Å². The number of carbonyl (C=O) groups excluding carboxylic acids is 1. The summed E-state index contributed by atoms with van der Waals surface area (Å²) < 4.78 is 2.46. The van der Waals surface area contributed by atoms with E-state index in [2.05, 4.69) is 47.7 Å². The van der Waals surface area contributed by atoms with Gasteiger partial charge in [-0.2, -0.15) is 0 Å². The Morgan fingerprint density at radius 2 is 1.65 bits per heavy atom. The predicted molar refractivity (Wildman–Crippen MR) is 122 cm³/mol. The zero-order valence-corrected chi connectivity index (χ0v) is 19.9. The summed E-state index contributed by atoms with van der Waals surface area (Å²) in [5.41, 5.74) is 0. The molecule has 1 aromatic heterocycles. The van der Waals surface area contributed by atoms with Crippen LogP contribution in [0.1, 0.15) is 102 Å². The van der Waals surface area contributed by atoms with Crippen molar-refractivity contribution < 1.29 is 4.79 Å². The van der Waals surface area contributed by atoms with Crippen molar-refractivity contribution in [3.63, 3.8) is 0 Å². The lowest BCUT2D eigenvalue weighted by molar-refractivity contribution is -0.126. The van der Waals surface area contributed by atoms with Crippen LogP contribution in [0.25, 0.3) is 0 Å². The molecule has 4 fully saturated rings. The van der Waals surface area contributed by atoms with Gasteiger partial charge in [0.05, 0.1) is 5.92 Å². The number of rotatable bonds is 5. The molecule has 172 valence electrons. The summed E-state index contributed by atoms with van der Waals surface area (Å²) in [5.74, 6) is 5.29. The zero-order chi connectivity index (χ0) is 21.7. The van der Waals surface area contributed by atoms with E-state index in [1.165, 1.54) is 50.8 Å². The summed E-state index contributed by atoms with van der Waals surface area (Å²) in [6, 6.07) is 0.873. The van der Waals surface area contributed by atoms with Gasteiger partial charge in [-0.05, 0) is 69.7 Å². The third kappa shape index (κ3) is 4.17. The van der Waals surface area contributed by atoms with Crippen molar-refractivity contribution in [3.8, 4) is 0 Å². The second kappa shape index (κ2) is 8.49. The number of aromatic nitrogens is 3. The van der Waals surface area contributed by atoms with Gasteiger partial charge in [0, 0.05) is 37.0 Å². The lowest BCUT2D eigenvalue weighted by atomic mass is 9.84. The SMILES string of the molecule is CC1CC(C)[C@H](C)CCC1NC(=O)[C@@H]1CN(C)CC1c1nnc(C2CCC2)n1C1CC1. The Hall–Kier alpha value is -1.43. The quantitative estimate of drug-likeness (QED) is 0.719. The number of nitrogens with one attached hydrogen (secondary N) is 1. The molecule has 3 aliphatic carbocycles. The lowest BCUT2D eigenvalue weighted by Gasteiger charge is -2.28. The average Bonchev–Trinajstić information content (AvgIpc) is 3.35. The molecule has 0 radical (unpaired) electrons. The first-order valence-corrected chi connectivity index (χ1v) is 12.9. The average molecular weight is 428 g/mol. The monoisotopic (exact) mass is 427 g/mol. The minimum absolute atomic E-state index is 0.0220. The molecule has 2 heterocycles. The van der Waals surface area contributed by atoms with Crippen molar-refractivity contribution in [2.75, 3.05) is 20.1 Å². The van der Waals surface area contributed by atoms with E-state index in [1.54, 1.807) is 0 Å². The molecule has 0 bridgehead atoms. The van der Waals surface area contributed by atoms with E-state index in [0.717, 1.165) is 37.2 Å². The summed E-state index contributed by atoms with van der Waals surface area (Å²) in [7, 11) is 2.14. The number of carbonyl (C=O) groups is 1. The summed E-state index contributed by atoms with van der Waals surface area (Å²) in [5, 5.41) is 12.9. The molecule has 1 amide bonds. The molecule has 0 aromatic carbocycles.